The molecule has 0 fully saturated rings. The third kappa shape index (κ3) is 5.82. The summed E-state index contributed by atoms with van der Waals surface area (Å²) in [6.45, 7) is 5.22. The second-order valence-electron chi connectivity index (χ2n) is 7.42. The zero-order chi connectivity index (χ0) is 22.4. The zero-order valence-corrected chi connectivity index (χ0v) is 18.4. The summed E-state index contributed by atoms with van der Waals surface area (Å²) in [4.78, 5) is 37.7. The van der Waals surface area contributed by atoms with Crippen LogP contribution in [0.3, 0.4) is 0 Å². The van der Waals surface area contributed by atoms with Gasteiger partial charge < -0.3 is 10.1 Å². The Labute approximate surface area is 184 Å². The SMILES string of the molecule is CC(C)[C@@H](NC(=O)c1cccs1)C(=O)NNC(=O)[C@@H](C)Oc1ccc2ccccc2c1. The Morgan fingerprint density at radius 3 is 2.26 bits per heavy atom. The van der Waals surface area contributed by atoms with Crippen LogP contribution >= 0.6 is 11.3 Å². The van der Waals surface area contributed by atoms with Gasteiger partial charge in [0.1, 0.15) is 11.8 Å². The summed E-state index contributed by atoms with van der Waals surface area (Å²) >= 11 is 1.29. The minimum atomic E-state index is -0.834. The van der Waals surface area contributed by atoms with Crippen molar-refractivity contribution in [2.75, 3.05) is 0 Å². The summed E-state index contributed by atoms with van der Waals surface area (Å²) in [7, 11) is 0. The number of hydrazine groups is 1. The standard InChI is InChI=1S/C23H25N3O4S/c1-14(2)20(24-22(28)19-9-6-12-31-19)23(29)26-25-21(27)15(3)30-18-11-10-16-7-4-5-8-17(16)13-18/h4-15,20H,1-3H3,(H,24,28)(H,25,27)(H,26,29)/t15-,20-/m1/s1. The minimum absolute atomic E-state index is 0.174. The average molecular weight is 440 g/mol. The molecule has 31 heavy (non-hydrogen) atoms. The Morgan fingerprint density at radius 1 is 0.871 bits per heavy atom. The van der Waals surface area contributed by atoms with Crippen molar-refractivity contribution < 1.29 is 19.1 Å². The largest absolute Gasteiger partial charge is 0.481 e. The number of hydrogen-bond acceptors (Lipinski definition) is 5. The molecule has 3 amide bonds. The lowest BCUT2D eigenvalue weighted by Crippen LogP contribution is -2.55. The van der Waals surface area contributed by atoms with Gasteiger partial charge in [-0.2, -0.15) is 0 Å². The lowest BCUT2D eigenvalue weighted by Gasteiger charge is -2.22. The summed E-state index contributed by atoms with van der Waals surface area (Å²) < 4.78 is 5.71. The fourth-order valence-electron chi connectivity index (χ4n) is 2.96. The van der Waals surface area contributed by atoms with Crippen molar-refractivity contribution in [3.8, 4) is 5.75 Å². The molecule has 0 radical (unpaired) electrons. The van der Waals surface area contributed by atoms with Crippen molar-refractivity contribution >= 4 is 39.8 Å². The number of carbonyl (C=O) groups is 3. The number of benzene rings is 2. The molecule has 0 aliphatic carbocycles. The molecule has 2 aromatic carbocycles. The molecule has 3 rings (SSSR count). The number of amides is 3. The molecule has 1 aromatic heterocycles. The second-order valence-corrected chi connectivity index (χ2v) is 8.37. The molecule has 0 saturated carbocycles. The van der Waals surface area contributed by atoms with Gasteiger partial charge in [-0.15, -0.1) is 11.3 Å². The van der Waals surface area contributed by atoms with E-state index in [4.69, 9.17) is 4.74 Å². The predicted molar refractivity (Wildman–Crippen MR) is 121 cm³/mol. The molecule has 0 bridgehead atoms. The van der Waals surface area contributed by atoms with Crippen LogP contribution in [0, 0.1) is 5.92 Å². The lowest BCUT2D eigenvalue weighted by molar-refractivity contribution is -0.133. The van der Waals surface area contributed by atoms with Gasteiger partial charge in [0.25, 0.3) is 17.7 Å². The van der Waals surface area contributed by atoms with Gasteiger partial charge in [-0.1, -0.05) is 50.2 Å². The van der Waals surface area contributed by atoms with Crippen LogP contribution in [-0.2, 0) is 9.59 Å². The zero-order valence-electron chi connectivity index (χ0n) is 17.5. The van der Waals surface area contributed by atoms with Crippen LogP contribution in [-0.4, -0.2) is 29.9 Å². The number of carbonyl (C=O) groups excluding carboxylic acids is 3. The molecule has 1 heterocycles. The molecule has 2 atom stereocenters. The molecular formula is C23H25N3O4S. The second kappa shape index (κ2) is 10.1. The van der Waals surface area contributed by atoms with Crippen LogP contribution in [0.5, 0.6) is 5.75 Å². The number of rotatable bonds is 7. The predicted octanol–water partition coefficient (Wildman–Crippen LogP) is 3.27. The normalized spacial score (nSPS) is 12.8. The van der Waals surface area contributed by atoms with Crippen molar-refractivity contribution in [1.82, 2.24) is 16.2 Å². The quantitative estimate of drug-likeness (QED) is 0.492. The van der Waals surface area contributed by atoms with E-state index in [0.717, 1.165) is 10.8 Å². The summed E-state index contributed by atoms with van der Waals surface area (Å²) in [6.07, 6.45) is -0.834. The van der Waals surface area contributed by atoms with E-state index in [2.05, 4.69) is 16.2 Å². The van der Waals surface area contributed by atoms with E-state index >= 15 is 0 Å². The molecule has 0 aliphatic heterocycles. The van der Waals surface area contributed by atoms with E-state index in [1.807, 2.05) is 50.2 Å². The van der Waals surface area contributed by atoms with Gasteiger partial charge in [0.15, 0.2) is 6.10 Å². The molecule has 7 nitrogen and oxygen atoms in total. The Kier molecular flexibility index (Phi) is 7.25. The van der Waals surface area contributed by atoms with Gasteiger partial charge in [-0.05, 0) is 47.2 Å². The van der Waals surface area contributed by atoms with Gasteiger partial charge in [-0.25, -0.2) is 0 Å². The Hall–Kier alpha value is -3.39. The van der Waals surface area contributed by atoms with Gasteiger partial charge in [0.05, 0.1) is 4.88 Å². The first-order valence-electron chi connectivity index (χ1n) is 9.94. The fraction of sp³-hybridized carbons (Fsp3) is 0.261. The highest BCUT2D eigenvalue weighted by molar-refractivity contribution is 7.12. The summed E-state index contributed by atoms with van der Waals surface area (Å²) in [5.74, 6) is -0.967. The molecule has 0 saturated heterocycles. The van der Waals surface area contributed by atoms with E-state index in [0.29, 0.717) is 10.6 Å². The number of ether oxygens (including phenoxy) is 1. The first kappa shape index (κ1) is 22.3. The third-order valence-corrected chi connectivity index (χ3v) is 5.56. The number of thiophene rings is 1. The molecule has 0 aliphatic rings. The van der Waals surface area contributed by atoms with Crippen LogP contribution in [0.25, 0.3) is 10.8 Å². The highest BCUT2D eigenvalue weighted by atomic mass is 32.1. The van der Waals surface area contributed by atoms with Crippen LogP contribution in [0.1, 0.15) is 30.4 Å². The smallest absolute Gasteiger partial charge is 0.279 e. The van der Waals surface area contributed by atoms with Crippen molar-refractivity contribution in [2.24, 2.45) is 5.92 Å². The van der Waals surface area contributed by atoms with Gasteiger partial charge in [0, 0.05) is 0 Å². The summed E-state index contributed by atoms with van der Waals surface area (Å²) in [5.41, 5.74) is 4.75. The maximum atomic E-state index is 12.5. The molecule has 8 heteroatoms. The molecule has 3 N–H and O–H groups in total. The van der Waals surface area contributed by atoms with Crippen LogP contribution < -0.4 is 20.9 Å². The first-order valence-corrected chi connectivity index (χ1v) is 10.8. The van der Waals surface area contributed by atoms with E-state index in [-0.39, 0.29) is 11.8 Å². The van der Waals surface area contributed by atoms with E-state index in [1.165, 1.54) is 11.3 Å². The monoisotopic (exact) mass is 439 g/mol. The van der Waals surface area contributed by atoms with Crippen molar-refractivity contribution in [3.05, 3.63) is 64.9 Å². The fourth-order valence-corrected chi connectivity index (χ4v) is 3.58. The van der Waals surface area contributed by atoms with E-state index < -0.39 is 24.0 Å². The maximum Gasteiger partial charge on any atom is 0.279 e. The summed E-state index contributed by atoms with van der Waals surface area (Å²) in [5, 5.41) is 6.57. The Bertz CT molecular complexity index is 1070. The van der Waals surface area contributed by atoms with Crippen molar-refractivity contribution in [1.29, 1.82) is 0 Å². The van der Waals surface area contributed by atoms with Crippen LogP contribution in [0.2, 0.25) is 0 Å². The van der Waals surface area contributed by atoms with Crippen molar-refractivity contribution in [3.63, 3.8) is 0 Å². The van der Waals surface area contributed by atoms with E-state index in [9.17, 15) is 14.4 Å². The van der Waals surface area contributed by atoms with Crippen LogP contribution in [0.4, 0.5) is 0 Å². The Morgan fingerprint density at radius 2 is 1.58 bits per heavy atom. The Balaban J connectivity index is 1.54. The minimum Gasteiger partial charge on any atom is -0.481 e. The van der Waals surface area contributed by atoms with Gasteiger partial charge >= 0.3 is 0 Å². The number of hydrogen-bond donors (Lipinski definition) is 3. The van der Waals surface area contributed by atoms with Gasteiger partial charge in [-0.3, -0.25) is 25.2 Å². The first-order chi connectivity index (χ1) is 14.8. The summed E-state index contributed by atoms with van der Waals surface area (Å²) in [6, 6.07) is 16.1. The number of fused-ring (bicyclic) bond motifs is 1. The average Bonchev–Trinajstić information content (AvgIpc) is 3.30. The van der Waals surface area contributed by atoms with Gasteiger partial charge in [0.2, 0.25) is 0 Å². The lowest BCUT2D eigenvalue weighted by atomic mass is 10.0. The highest BCUT2D eigenvalue weighted by Crippen LogP contribution is 2.21. The maximum absolute atomic E-state index is 12.5. The molecule has 0 spiro atoms. The molecule has 0 unspecified atom stereocenters. The molecular weight excluding hydrogens is 414 g/mol. The van der Waals surface area contributed by atoms with E-state index in [1.54, 1.807) is 30.5 Å². The number of nitrogens with one attached hydrogen (secondary N) is 3. The van der Waals surface area contributed by atoms with Crippen LogP contribution in [0.15, 0.2) is 60.0 Å². The third-order valence-electron chi connectivity index (χ3n) is 4.69. The molecule has 162 valence electrons. The van der Waals surface area contributed by atoms with Crippen molar-refractivity contribution in [2.45, 2.75) is 32.9 Å². The molecule has 3 aromatic rings. The highest BCUT2D eigenvalue weighted by Gasteiger charge is 2.26. The topological polar surface area (TPSA) is 96.5 Å².